The van der Waals surface area contributed by atoms with Crippen molar-refractivity contribution in [2.24, 2.45) is 5.92 Å². The highest BCUT2D eigenvalue weighted by atomic mass is 16.2. The van der Waals surface area contributed by atoms with E-state index in [4.69, 9.17) is 0 Å². The summed E-state index contributed by atoms with van der Waals surface area (Å²) < 4.78 is 0. The Balaban J connectivity index is 1.52. The summed E-state index contributed by atoms with van der Waals surface area (Å²) >= 11 is 0. The highest BCUT2D eigenvalue weighted by molar-refractivity contribution is 5.83. The Morgan fingerprint density at radius 2 is 2.29 bits per heavy atom. The molecule has 0 saturated carbocycles. The number of H-pyrrole nitrogens is 1. The molecule has 1 aliphatic heterocycles. The Hall–Kier alpha value is -1.97. The molecule has 0 aliphatic carbocycles. The van der Waals surface area contributed by atoms with Crippen molar-refractivity contribution in [1.82, 2.24) is 15.2 Å². The van der Waals surface area contributed by atoms with Gasteiger partial charge < -0.3 is 15.2 Å². The molecule has 0 radical (unpaired) electrons. The van der Waals surface area contributed by atoms with Gasteiger partial charge in [-0.05, 0) is 36.8 Å². The summed E-state index contributed by atoms with van der Waals surface area (Å²) in [6.07, 6.45) is 5.26. The molecular weight excluding hydrogens is 262 g/mol. The zero-order valence-electron chi connectivity index (χ0n) is 12.6. The molecular formula is C17H23N3O. The minimum absolute atomic E-state index is 0.0846. The molecule has 112 valence electrons. The smallest absolute Gasteiger partial charge is 0.317 e. The number of amides is 2. The Bertz CT molecular complexity index is 619. The fraction of sp³-hybridized carbons (Fsp3) is 0.471. The number of nitrogens with one attached hydrogen (secondary N) is 2. The van der Waals surface area contributed by atoms with Gasteiger partial charge in [0.05, 0.1) is 0 Å². The van der Waals surface area contributed by atoms with Crippen molar-refractivity contribution in [1.29, 1.82) is 0 Å². The highest BCUT2D eigenvalue weighted by Gasteiger charge is 2.20. The van der Waals surface area contributed by atoms with Crippen LogP contribution in [0.4, 0.5) is 4.79 Å². The van der Waals surface area contributed by atoms with Crippen LogP contribution in [0.2, 0.25) is 0 Å². The topological polar surface area (TPSA) is 48.1 Å². The third-order valence-electron chi connectivity index (χ3n) is 4.29. The molecule has 2 heterocycles. The predicted molar refractivity (Wildman–Crippen MR) is 85.4 cm³/mol. The second kappa shape index (κ2) is 6.20. The summed E-state index contributed by atoms with van der Waals surface area (Å²) in [4.78, 5) is 17.4. The van der Waals surface area contributed by atoms with E-state index in [1.54, 1.807) is 0 Å². The molecule has 4 heteroatoms. The summed E-state index contributed by atoms with van der Waals surface area (Å²) in [5.74, 6) is 0.623. The molecule has 21 heavy (non-hydrogen) atoms. The average Bonchev–Trinajstić information content (AvgIpc) is 2.91. The Labute approximate surface area is 125 Å². The van der Waals surface area contributed by atoms with Gasteiger partial charge in [-0.2, -0.15) is 0 Å². The molecule has 1 unspecified atom stereocenters. The van der Waals surface area contributed by atoms with Crippen molar-refractivity contribution in [3.8, 4) is 0 Å². The lowest BCUT2D eigenvalue weighted by molar-refractivity contribution is 0.170. The Morgan fingerprint density at radius 3 is 3.14 bits per heavy atom. The molecule has 3 rings (SSSR count). The van der Waals surface area contributed by atoms with Gasteiger partial charge in [0.15, 0.2) is 0 Å². The van der Waals surface area contributed by atoms with Crippen LogP contribution in [0, 0.1) is 5.92 Å². The van der Waals surface area contributed by atoms with E-state index in [2.05, 4.69) is 29.4 Å². The monoisotopic (exact) mass is 285 g/mol. The second-order valence-corrected chi connectivity index (χ2v) is 6.03. The molecule has 1 aromatic heterocycles. The van der Waals surface area contributed by atoms with Crippen LogP contribution in [0.1, 0.15) is 25.3 Å². The zero-order chi connectivity index (χ0) is 14.7. The van der Waals surface area contributed by atoms with Crippen molar-refractivity contribution in [2.45, 2.75) is 26.2 Å². The van der Waals surface area contributed by atoms with Crippen LogP contribution < -0.4 is 5.32 Å². The molecule has 1 atom stereocenters. The minimum atomic E-state index is 0.0846. The van der Waals surface area contributed by atoms with Crippen molar-refractivity contribution in [2.75, 3.05) is 19.6 Å². The zero-order valence-corrected chi connectivity index (χ0v) is 12.6. The molecule has 2 amide bonds. The number of carbonyl (C=O) groups is 1. The van der Waals surface area contributed by atoms with Crippen molar-refractivity contribution < 1.29 is 4.79 Å². The number of hydrogen-bond acceptors (Lipinski definition) is 1. The first-order valence-electron chi connectivity index (χ1n) is 7.82. The van der Waals surface area contributed by atoms with Crippen LogP contribution in [0.15, 0.2) is 30.5 Å². The predicted octanol–water partition coefficient (Wildman–Crippen LogP) is 3.15. The SMILES string of the molecule is CC1CCCN(C(=O)NCCc2c[nH]c3ccccc23)C1. The van der Waals surface area contributed by atoms with Gasteiger partial charge in [0, 0.05) is 36.7 Å². The lowest BCUT2D eigenvalue weighted by Crippen LogP contribution is -2.45. The van der Waals surface area contributed by atoms with Gasteiger partial charge in [0.25, 0.3) is 0 Å². The van der Waals surface area contributed by atoms with E-state index >= 15 is 0 Å². The number of rotatable bonds is 3. The second-order valence-electron chi connectivity index (χ2n) is 6.03. The fourth-order valence-corrected chi connectivity index (χ4v) is 3.13. The third-order valence-corrected chi connectivity index (χ3v) is 4.29. The van der Waals surface area contributed by atoms with Crippen molar-refractivity contribution in [3.05, 3.63) is 36.0 Å². The van der Waals surface area contributed by atoms with Crippen LogP contribution in [-0.4, -0.2) is 35.5 Å². The van der Waals surface area contributed by atoms with Gasteiger partial charge in [-0.15, -0.1) is 0 Å². The average molecular weight is 285 g/mol. The van der Waals surface area contributed by atoms with E-state index in [1.807, 2.05) is 23.2 Å². The molecule has 1 aromatic carbocycles. The molecule has 4 nitrogen and oxygen atoms in total. The number of aromatic amines is 1. The minimum Gasteiger partial charge on any atom is -0.361 e. The number of likely N-dealkylation sites (tertiary alicyclic amines) is 1. The van der Waals surface area contributed by atoms with Crippen LogP contribution in [0.25, 0.3) is 10.9 Å². The largest absolute Gasteiger partial charge is 0.361 e. The summed E-state index contributed by atoms with van der Waals surface area (Å²) in [5, 5.41) is 4.30. The van der Waals surface area contributed by atoms with Gasteiger partial charge in [-0.25, -0.2) is 4.79 Å². The van der Waals surface area contributed by atoms with Gasteiger partial charge in [-0.1, -0.05) is 25.1 Å². The molecule has 2 aromatic rings. The summed E-state index contributed by atoms with van der Waals surface area (Å²) in [6, 6.07) is 8.36. The highest BCUT2D eigenvalue weighted by Crippen LogP contribution is 2.18. The summed E-state index contributed by atoms with van der Waals surface area (Å²) in [7, 11) is 0. The standard InChI is InChI=1S/C17H23N3O/c1-13-5-4-10-20(12-13)17(21)18-9-8-14-11-19-16-7-3-2-6-15(14)16/h2-3,6-7,11,13,19H,4-5,8-10,12H2,1H3,(H,18,21). The van der Waals surface area contributed by atoms with E-state index in [9.17, 15) is 4.79 Å². The number of carbonyl (C=O) groups excluding carboxylic acids is 1. The van der Waals surface area contributed by atoms with E-state index in [0.717, 1.165) is 31.4 Å². The maximum absolute atomic E-state index is 12.1. The first-order chi connectivity index (χ1) is 10.2. The molecule has 1 aliphatic rings. The molecule has 0 spiro atoms. The van der Waals surface area contributed by atoms with Crippen LogP contribution in [0.5, 0.6) is 0 Å². The lowest BCUT2D eigenvalue weighted by atomic mass is 10.0. The van der Waals surface area contributed by atoms with Gasteiger partial charge in [-0.3, -0.25) is 0 Å². The van der Waals surface area contributed by atoms with Gasteiger partial charge in [0.2, 0.25) is 0 Å². The van der Waals surface area contributed by atoms with Crippen LogP contribution >= 0.6 is 0 Å². The van der Waals surface area contributed by atoms with E-state index < -0.39 is 0 Å². The first-order valence-corrected chi connectivity index (χ1v) is 7.82. The van der Waals surface area contributed by atoms with Gasteiger partial charge >= 0.3 is 6.03 Å². The van der Waals surface area contributed by atoms with Crippen molar-refractivity contribution >= 4 is 16.9 Å². The van der Waals surface area contributed by atoms with E-state index in [-0.39, 0.29) is 6.03 Å². The number of piperidine rings is 1. The maximum atomic E-state index is 12.1. The first kappa shape index (κ1) is 14.0. The summed E-state index contributed by atoms with van der Waals surface area (Å²) in [5.41, 5.74) is 2.42. The van der Waals surface area contributed by atoms with Crippen molar-refractivity contribution in [3.63, 3.8) is 0 Å². The normalized spacial score (nSPS) is 18.9. The fourth-order valence-electron chi connectivity index (χ4n) is 3.13. The van der Waals surface area contributed by atoms with Gasteiger partial charge in [0.1, 0.15) is 0 Å². The number of benzene rings is 1. The lowest BCUT2D eigenvalue weighted by Gasteiger charge is -2.30. The molecule has 1 fully saturated rings. The number of urea groups is 1. The quantitative estimate of drug-likeness (QED) is 0.894. The van der Waals surface area contributed by atoms with E-state index in [0.29, 0.717) is 12.5 Å². The van der Waals surface area contributed by atoms with E-state index in [1.165, 1.54) is 17.4 Å². The molecule has 0 bridgehead atoms. The number of aromatic nitrogens is 1. The van der Waals surface area contributed by atoms with Crippen LogP contribution in [-0.2, 0) is 6.42 Å². The Kier molecular flexibility index (Phi) is 4.13. The van der Waals surface area contributed by atoms with Crippen LogP contribution in [0.3, 0.4) is 0 Å². The maximum Gasteiger partial charge on any atom is 0.317 e. The Morgan fingerprint density at radius 1 is 1.43 bits per heavy atom. The molecule has 2 N–H and O–H groups in total. The number of nitrogens with zero attached hydrogens (tertiary/aromatic N) is 1. The molecule has 1 saturated heterocycles. The number of hydrogen-bond donors (Lipinski definition) is 2. The number of fused-ring (bicyclic) bond motifs is 1. The third kappa shape index (κ3) is 3.20. The summed E-state index contributed by atoms with van der Waals surface area (Å²) in [6.45, 7) is 4.68. The number of para-hydroxylation sites is 1.